The predicted molar refractivity (Wildman–Crippen MR) is 128 cm³/mol. The lowest BCUT2D eigenvalue weighted by molar-refractivity contribution is 0.0661. The highest BCUT2D eigenvalue weighted by Crippen LogP contribution is 2.36. The molecule has 3 fully saturated rings. The zero-order valence-electron chi connectivity index (χ0n) is 19.3. The van der Waals surface area contributed by atoms with E-state index in [1.54, 1.807) is 0 Å². The minimum atomic E-state index is -0.0154. The first kappa shape index (κ1) is 21.5. The lowest BCUT2D eigenvalue weighted by Gasteiger charge is -2.36. The molecule has 3 aliphatic rings. The highest BCUT2D eigenvalue weighted by Gasteiger charge is 2.39. The van der Waals surface area contributed by atoms with Gasteiger partial charge in [-0.3, -0.25) is 4.79 Å². The van der Waals surface area contributed by atoms with Crippen LogP contribution < -0.4 is 10.1 Å². The Labute approximate surface area is 192 Å². The third-order valence-corrected chi connectivity index (χ3v) is 7.96. The number of nitrogens with one attached hydrogen (secondary N) is 1. The van der Waals surface area contributed by atoms with E-state index in [0.29, 0.717) is 30.7 Å². The second-order valence-electron chi connectivity index (χ2n) is 10.0. The van der Waals surface area contributed by atoms with Gasteiger partial charge in [-0.2, -0.15) is 0 Å². The van der Waals surface area contributed by atoms with Crippen molar-refractivity contribution in [1.29, 1.82) is 0 Å². The fraction of sp³-hybridized carbons (Fsp3) is 0.536. The van der Waals surface area contributed by atoms with Crippen molar-refractivity contribution in [3.8, 4) is 5.75 Å². The number of carbonyl (C=O) groups is 1. The number of fused-ring (bicyclic) bond motifs is 2. The largest absolute Gasteiger partial charge is 0.490 e. The zero-order valence-corrected chi connectivity index (χ0v) is 19.3. The second kappa shape index (κ2) is 9.66. The van der Waals surface area contributed by atoms with Gasteiger partial charge >= 0.3 is 0 Å². The van der Waals surface area contributed by atoms with E-state index >= 15 is 0 Å². The molecule has 2 aromatic carbocycles. The number of piperidine rings is 1. The summed E-state index contributed by atoms with van der Waals surface area (Å²) in [6.07, 6.45) is 11.7. The highest BCUT2D eigenvalue weighted by molar-refractivity contribution is 5.94. The van der Waals surface area contributed by atoms with Crippen LogP contribution in [0.4, 0.5) is 0 Å². The smallest absolute Gasteiger partial charge is 0.251 e. The number of hydrogen-bond donors (Lipinski definition) is 1. The zero-order chi connectivity index (χ0) is 21.9. The fourth-order valence-electron chi connectivity index (χ4n) is 6.01. The molecule has 1 saturated carbocycles. The summed E-state index contributed by atoms with van der Waals surface area (Å²) in [5.41, 5.74) is 3.19. The van der Waals surface area contributed by atoms with Crippen molar-refractivity contribution in [2.45, 2.75) is 88.4 Å². The van der Waals surface area contributed by atoms with Gasteiger partial charge in [0.1, 0.15) is 11.9 Å². The van der Waals surface area contributed by atoms with Crippen LogP contribution in [0.5, 0.6) is 5.75 Å². The van der Waals surface area contributed by atoms with Gasteiger partial charge in [-0.05, 0) is 86.9 Å². The Morgan fingerprint density at radius 3 is 2.41 bits per heavy atom. The molecule has 1 N–H and O–H groups in total. The van der Waals surface area contributed by atoms with Crippen LogP contribution in [0.3, 0.4) is 0 Å². The molecule has 2 bridgehead atoms. The molecule has 2 saturated heterocycles. The maximum Gasteiger partial charge on any atom is 0.251 e. The maximum absolute atomic E-state index is 12.7. The van der Waals surface area contributed by atoms with Crippen molar-refractivity contribution in [3.63, 3.8) is 0 Å². The molecule has 0 unspecified atom stereocenters. The normalized spacial score (nSPS) is 26.1. The first-order valence-corrected chi connectivity index (χ1v) is 12.5. The summed E-state index contributed by atoms with van der Waals surface area (Å²) in [6, 6.07) is 17.8. The molecular formula is C28H36N2O2. The summed E-state index contributed by atoms with van der Waals surface area (Å²) in [5, 5.41) is 3.07. The van der Waals surface area contributed by atoms with Crippen molar-refractivity contribution in [3.05, 3.63) is 65.2 Å². The number of benzene rings is 2. The highest BCUT2D eigenvalue weighted by atomic mass is 16.5. The first-order valence-electron chi connectivity index (χ1n) is 12.5. The van der Waals surface area contributed by atoms with E-state index in [1.807, 2.05) is 24.3 Å². The summed E-state index contributed by atoms with van der Waals surface area (Å²) >= 11 is 0. The molecule has 4 nitrogen and oxygen atoms in total. The van der Waals surface area contributed by atoms with E-state index in [-0.39, 0.29) is 5.91 Å². The van der Waals surface area contributed by atoms with Gasteiger partial charge in [-0.25, -0.2) is 0 Å². The van der Waals surface area contributed by atoms with E-state index in [1.165, 1.54) is 50.5 Å². The quantitative estimate of drug-likeness (QED) is 0.640. The van der Waals surface area contributed by atoms with Crippen molar-refractivity contribution in [2.24, 2.45) is 0 Å². The summed E-state index contributed by atoms with van der Waals surface area (Å²) in [6.45, 7) is 0.513. The molecule has 2 aromatic rings. The van der Waals surface area contributed by atoms with Crippen LogP contribution in [0, 0.1) is 0 Å². The predicted octanol–water partition coefficient (Wildman–Crippen LogP) is 5.67. The van der Waals surface area contributed by atoms with E-state index in [4.69, 9.17) is 4.74 Å². The standard InChI is InChI=1S/C28H36N2O2/c1-30-24-14-15-25(30)18-27(17-24)32-26-9-5-6-20(16-26)19-29-28(31)23-12-10-22(11-13-23)21-7-3-2-4-8-21/h5-6,9-13,16,21,24-25,27H,2-4,7-8,14-15,17-19H2,1H3,(H,29,31)/t24-,25+,27-. The summed E-state index contributed by atoms with van der Waals surface area (Å²) < 4.78 is 6.35. The van der Waals surface area contributed by atoms with E-state index in [9.17, 15) is 4.79 Å². The SMILES string of the molecule is CN1[C@@H]2CC[C@H]1C[C@H](Oc1cccc(CNC(=O)c3ccc(C4CCCCC4)cc3)c1)C2. The number of ether oxygens (including phenoxy) is 1. The molecule has 0 spiro atoms. The van der Waals surface area contributed by atoms with Gasteiger partial charge in [-0.15, -0.1) is 0 Å². The van der Waals surface area contributed by atoms with Crippen LogP contribution in [0.2, 0.25) is 0 Å². The molecule has 2 aliphatic heterocycles. The van der Waals surface area contributed by atoms with Crippen LogP contribution in [-0.4, -0.2) is 36.0 Å². The van der Waals surface area contributed by atoms with Crippen LogP contribution in [-0.2, 0) is 6.54 Å². The third kappa shape index (κ3) is 4.85. The molecular weight excluding hydrogens is 396 g/mol. The number of nitrogens with zero attached hydrogens (tertiary/aromatic N) is 1. The average Bonchev–Trinajstić information content (AvgIpc) is 3.04. The van der Waals surface area contributed by atoms with Gasteiger partial charge in [0.25, 0.3) is 5.91 Å². The summed E-state index contributed by atoms with van der Waals surface area (Å²) in [4.78, 5) is 15.2. The van der Waals surface area contributed by atoms with E-state index in [2.05, 4.69) is 41.5 Å². The van der Waals surface area contributed by atoms with Gasteiger partial charge in [0.05, 0.1) is 0 Å². The molecule has 170 valence electrons. The van der Waals surface area contributed by atoms with Crippen molar-refractivity contribution >= 4 is 5.91 Å². The average molecular weight is 433 g/mol. The molecule has 0 aromatic heterocycles. The Kier molecular flexibility index (Phi) is 6.49. The Morgan fingerprint density at radius 1 is 0.969 bits per heavy atom. The van der Waals surface area contributed by atoms with Crippen LogP contribution in [0.1, 0.15) is 85.2 Å². The Hall–Kier alpha value is -2.33. The minimum Gasteiger partial charge on any atom is -0.490 e. The number of hydrogen-bond acceptors (Lipinski definition) is 3. The molecule has 4 heteroatoms. The van der Waals surface area contributed by atoms with Gasteiger partial charge in [0, 0.05) is 24.2 Å². The van der Waals surface area contributed by atoms with Crippen LogP contribution >= 0.6 is 0 Å². The monoisotopic (exact) mass is 432 g/mol. The molecule has 5 rings (SSSR count). The fourth-order valence-corrected chi connectivity index (χ4v) is 6.01. The van der Waals surface area contributed by atoms with Crippen LogP contribution in [0.25, 0.3) is 0 Å². The van der Waals surface area contributed by atoms with Gasteiger partial charge in [0.2, 0.25) is 0 Å². The lowest BCUT2D eigenvalue weighted by Crippen LogP contribution is -2.43. The Balaban J connectivity index is 1.14. The summed E-state index contributed by atoms with van der Waals surface area (Å²) in [5.74, 6) is 1.57. The van der Waals surface area contributed by atoms with E-state index in [0.717, 1.165) is 29.7 Å². The van der Waals surface area contributed by atoms with E-state index < -0.39 is 0 Å². The Morgan fingerprint density at radius 2 is 1.69 bits per heavy atom. The maximum atomic E-state index is 12.7. The molecule has 0 radical (unpaired) electrons. The number of carbonyl (C=O) groups excluding carboxylic acids is 1. The molecule has 2 heterocycles. The van der Waals surface area contributed by atoms with Crippen molar-refractivity contribution < 1.29 is 9.53 Å². The van der Waals surface area contributed by atoms with Crippen LogP contribution in [0.15, 0.2) is 48.5 Å². The number of rotatable bonds is 6. The lowest BCUT2D eigenvalue weighted by atomic mass is 9.84. The molecule has 1 amide bonds. The third-order valence-electron chi connectivity index (χ3n) is 7.96. The summed E-state index contributed by atoms with van der Waals surface area (Å²) in [7, 11) is 2.26. The molecule has 3 atom stereocenters. The molecule has 32 heavy (non-hydrogen) atoms. The second-order valence-corrected chi connectivity index (χ2v) is 10.0. The van der Waals surface area contributed by atoms with Crippen molar-refractivity contribution in [2.75, 3.05) is 7.05 Å². The van der Waals surface area contributed by atoms with Gasteiger partial charge < -0.3 is 15.0 Å². The van der Waals surface area contributed by atoms with Gasteiger partial charge in [-0.1, -0.05) is 43.5 Å². The number of amides is 1. The van der Waals surface area contributed by atoms with Crippen molar-refractivity contribution in [1.82, 2.24) is 10.2 Å². The topological polar surface area (TPSA) is 41.6 Å². The molecule has 1 aliphatic carbocycles. The van der Waals surface area contributed by atoms with Gasteiger partial charge in [0.15, 0.2) is 0 Å². The first-order chi connectivity index (χ1) is 15.7. The minimum absolute atomic E-state index is 0.0154. The Bertz CT molecular complexity index is 905.